The third-order valence-electron chi connectivity index (χ3n) is 3.12. The van der Waals surface area contributed by atoms with Gasteiger partial charge in [0.15, 0.2) is 0 Å². The van der Waals surface area contributed by atoms with Crippen LogP contribution in [-0.4, -0.2) is 36.1 Å². The summed E-state index contributed by atoms with van der Waals surface area (Å²) in [6.45, 7) is 1.26. The van der Waals surface area contributed by atoms with E-state index in [0.717, 1.165) is 5.56 Å². The highest BCUT2D eigenvalue weighted by Gasteiger charge is 2.36. The van der Waals surface area contributed by atoms with Crippen LogP contribution >= 0.6 is 0 Å². The maximum Gasteiger partial charge on any atom is 0.308 e. The molecule has 1 aliphatic rings. The molecule has 0 aliphatic carbocycles. The molecule has 16 heavy (non-hydrogen) atoms. The molecule has 2 rings (SSSR count). The minimum Gasteiger partial charge on any atom is -0.481 e. The Balaban J connectivity index is 2.25. The molecule has 0 radical (unpaired) electrons. The average molecular weight is 223 g/mol. The van der Waals surface area contributed by atoms with E-state index in [0.29, 0.717) is 13.1 Å². The molecule has 0 spiro atoms. The Bertz CT molecular complexity index is 391. The molecule has 2 atom stereocenters. The van der Waals surface area contributed by atoms with Crippen molar-refractivity contribution in [1.82, 2.24) is 4.90 Å². The van der Waals surface area contributed by atoms with Crippen LogP contribution in [0.2, 0.25) is 0 Å². The topological polar surface area (TPSA) is 40.5 Å². The number of carboxylic acids is 1. The van der Waals surface area contributed by atoms with Crippen LogP contribution in [0.25, 0.3) is 0 Å². The van der Waals surface area contributed by atoms with Crippen molar-refractivity contribution in [2.45, 2.75) is 5.92 Å². The molecule has 86 valence electrons. The Kier molecular flexibility index (Phi) is 2.92. The summed E-state index contributed by atoms with van der Waals surface area (Å²) in [4.78, 5) is 13.1. The zero-order chi connectivity index (χ0) is 11.7. The summed E-state index contributed by atoms with van der Waals surface area (Å²) in [7, 11) is 1.90. The first-order chi connectivity index (χ1) is 7.58. The Labute approximate surface area is 93.5 Å². The summed E-state index contributed by atoms with van der Waals surface area (Å²) in [6, 6.07) is 6.11. The number of halogens is 1. The van der Waals surface area contributed by atoms with Gasteiger partial charge in [-0.2, -0.15) is 0 Å². The molecule has 0 unspecified atom stereocenters. The molecule has 4 heteroatoms. The van der Waals surface area contributed by atoms with Gasteiger partial charge in [0.05, 0.1) is 5.92 Å². The second-order valence-electron chi connectivity index (χ2n) is 4.32. The molecule has 1 aromatic carbocycles. The van der Waals surface area contributed by atoms with E-state index < -0.39 is 11.9 Å². The van der Waals surface area contributed by atoms with Crippen LogP contribution in [0.3, 0.4) is 0 Å². The van der Waals surface area contributed by atoms with Gasteiger partial charge < -0.3 is 10.0 Å². The van der Waals surface area contributed by atoms with Gasteiger partial charge in [-0.05, 0) is 24.7 Å². The molecule has 0 aromatic heterocycles. The van der Waals surface area contributed by atoms with Crippen LogP contribution in [0.5, 0.6) is 0 Å². The Morgan fingerprint density at radius 3 is 2.56 bits per heavy atom. The highest BCUT2D eigenvalue weighted by atomic mass is 19.1. The molecule has 1 N–H and O–H groups in total. The number of likely N-dealkylation sites (tertiary alicyclic amines) is 1. The largest absolute Gasteiger partial charge is 0.481 e. The number of hydrogen-bond acceptors (Lipinski definition) is 2. The predicted molar refractivity (Wildman–Crippen MR) is 57.8 cm³/mol. The molecule has 0 bridgehead atoms. The first-order valence-electron chi connectivity index (χ1n) is 5.24. The van der Waals surface area contributed by atoms with Gasteiger partial charge in [-0.15, -0.1) is 0 Å². The highest BCUT2D eigenvalue weighted by Crippen LogP contribution is 2.32. The Hall–Kier alpha value is -1.42. The van der Waals surface area contributed by atoms with Crippen molar-refractivity contribution in [2.24, 2.45) is 5.92 Å². The first-order valence-corrected chi connectivity index (χ1v) is 5.24. The van der Waals surface area contributed by atoms with E-state index in [2.05, 4.69) is 0 Å². The summed E-state index contributed by atoms with van der Waals surface area (Å²) in [5.74, 6) is -1.50. The zero-order valence-electron chi connectivity index (χ0n) is 9.06. The maximum absolute atomic E-state index is 12.8. The SMILES string of the molecule is CN1C[C@@H](C(=O)O)[C@H](c2ccc(F)cc2)C1. The van der Waals surface area contributed by atoms with Gasteiger partial charge in [-0.25, -0.2) is 4.39 Å². The first kappa shape index (κ1) is 11.1. The van der Waals surface area contributed by atoms with Crippen LogP contribution in [0.15, 0.2) is 24.3 Å². The summed E-state index contributed by atoms with van der Waals surface area (Å²) in [6.07, 6.45) is 0. The maximum atomic E-state index is 12.8. The van der Waals surface area contributed by atoms with Crippen molar-refractivity contribution in [1.29, 1.82) is 0 Å². The minimum absolute atomic E-state index is 0.0388. The third-order valence-corrected chi connectivity index (χ3v) is 3.12. The van der Waals surface area contributed by atoms with Gasteiger partial charge in [0.1, 0.15) is 5.82 Å². The van der Waals surface area contributed by atoms with Crippen molar-refractivity contribution in [2.75, 3.05) is 20.1 Å². The summed E-state index contributed by atoms with van der Waals surface area (Å²) < 4.78 is 12.8. The van der Waals surface area contributed by atoms with Crippen LogP contribution in [0, 0.1) is 11.7 Å². The van der Waals surface area contributed by atoms with E-state index >= 15 is 0 Å². The fourth-order valence-corrected chi connectivity index (χ4v) is 2.30. The van der Waals surface area contributed by atoms with Crippen molar-refractivity contribution < 1.29 is 14.3 Å². The number of nitrogens with zero attached hydrogens (tertiary/aromatic N) is 1. The zero-order valence-corrected chi connectivity index (χ0v) is 9.06. The number of rotatable bonds is 2. The number of likely N-dealkylation sites (N-methyl/N-ethyl adjacent to an activating group) is 1. The number of aliphatic carboxylic acids is 1. The van der Waals surface area contributed by atoms with Crippen molar-refractivity contribution >= 4 is 5.97 Å². The van der Waals surface area contributed by atoms with E-state index in [1.807, 2.05) is 11.9 Å². The quantitative estimate of drug-likeness (QED) is 0.827. The standard InChI is InChI=1S/C12H14FNO2/c1-14-6-10(11(7-14)12(15)16)8-2-4-9(13)5-3-8/h2-5,10-11H,6-7H2,1H3,(H,15,16)/t10-,11+/m0/s1. The summed E-state index contributed by atoms with van der Waals surface area (Å²) in [5.41, 5.74) is 0.901. The predicted octanol–water partition coefficient (Wildman–Crippen LogP) is 1.56. The van der Waals surface area contributed by atoms with Gasteiger partial charge in [-0.3, -0.25) is 4.79 Å². The molecular formula is C12H14FNO2. The Morgan fingerprint density at radius 2 is 2.00 bits per heavy atom. The molecule has 1 aliphatic heterocycles. The van der Waals surface area contributed by atoms with Crippen LogP contribution in [0.1, 0.15) is 11.5 Å². The molecule has 0 saturated carbocycles. The highest BCUT2D eigenvalue weighted by molar-refractivity contribution is 5.72. The van der Waals surface area contributed by atoms with Gasteiger partial charge in [0.2, 0.25) is 0 Å². The number of hydrogen-bond donors (Lipinski definition) is 1. The lowest BCUT2D eigenvalue weighted by Gasteiger charge is -2.14. The number of benzene rings is 1. The molecule has 3 nitrogen and oxygen atoms in total. The number of carbonyl (C=O) groups is 1. The molecule has 1 heterocycles. The number of carboxylic acid groups (broad SMARTS) is 1. The molecular weight excluding hydrogens is 209 g/mol. The van der Waals surface area contributed by atoms with Gasteiger partial charge in [0, 0.05) is 19.0 Å². The fourth-order valence-electron chi connectivity index (χ4n) is 2.30. The van der Waals surface area contributed by atoms with Crippen molar-refractivity contribution in [3.63, 3.8) is 0 Å². The van der Waals surface area contributed by atoms with Gasteiger partial charge in [0.25, 0.3) is 0 Å². The Morgan fingerprint density at radius 1 is 1.38 bits per heavy atom. The van der Waals surface area contributed by atoms with Gasteiger partial charge in [-0.1, -0.05) is 12.1 Å². The van der Waals surface area contributed by atoms with E-state index in [1.54, 1.807) is 12.1 Å². The monoisotopic (exact) mass is 223 g/mol. The van der Waals surface area contributed by atoms with E-state index in [-0.39, 0.29) is 11.7 Å². The fraction of sp³-hybridized carbons (Fsp3) is 0.417. The van der Waals surface area contributed by atoms with Crippen LogP contribution in [-0.2, 0) is 4.79 Å². The lowest BCUT2D eigenvalue weighted by molar-refractivity contribution is -0.141. The van der Waals surface area contributed by atoms with Crippen LogP contribution in [0.4, 0.5) is 4.39 Å². The molecule has 0 amide bonds. The lowest BCUT2D eigenvalue weighted by atomic mass is 9.89. The minimum atomic E-state index is -0.779. The smallest absolute Gasteiger partial charge is 0.308 e. The van der Waals surface area contributed by atoms with E-state index in [1.165, 1.54) is 12.1 Å². The normalized spacial score (nSPS) is 25.9. The molecule has 1 saturated heterocycles. The third kappa shape index (κ3) is 2.07. The van der Waals surface area contributed by atoms with Crippen molar-refractivity contribution in [3.05, 3.63) is 35.6 Å². The molecule has 1 aromatic rings. The summed E-state index contributed by atoms with van der Waals surface area (Å²) in [5, 5.41) is 9.12. The van der Waals surface area contributed by atoms with E-state index in [4.69, 9.17) is 5.11 Å². The van der Waals surface area contributed by atoms with Crippen LogP contribution < -0.4 is 0 Å². The average Bonchev–Trinajstić information content (AvgIpc) is 2.61. The second-order valence-corrected chi connectivity index (χ2v) is 4.32. The van der Waals surface area contributed by atoms with E-state index in [9.17, 15) is 9.18 Å². The molecule has 1 fully saturated rings. The summed E-state index contributed by atoms with van der Waals surface area (Å²) >= 11 is 0. The lowest BCUT2D eigenvalue weighted by Crippen LogP contribution is -2.21. The second kappa shape index (κ2) is 4.22. The van der Waals surface area contributed by atoms with Gasteiger partial charge >= 0.3 is 5.97 Å². The van der Waals surface area contributed by atoms with Crippen molar-refractivity contribution in [3.8, 4) is 0 Å².